The summed E-state index contributed by atoms with van der Waals surface area (Å²) in [7, 11) is 0. The highest BCUT2D eigenvalue weighted by Gasteiger charge is 2.27. The van der Waals surface area contributed by atoms with Crippen molar-refractivity contribution in [2.24, 2.45) is 0 Å². The van der Waals surface area contributed by atoms with E-state index in [0.717, 1.165) is 12.1 Å². The molecule has 0 amide bonds. The van der Waals surface area contributed by atoms with Gasteiger partial charge in [0, 0.05) is 18.2 Å². The molecule has 1 aliphatic rings. The molecule has 1 aliphatic carbocycles. The number of hydrogen-bond acceptors (Lipinski definition) is 4. The summed E-state index contributed by atoms with van der Waals surface area (Å²) in [6.45, 7) is -3.10. The molecule has 7 heteroatoms. The molecule has 100 valence electrons. The van der Waals surface area contributed by atoms with Crippen molar-refractivity contribution in [1.29, 1.82) is 0 Å². The van der Waals surface area contributed by atoms with Gasteiger partial charge in [0.2, 0.25) is 0 Å². The quantitative estimate of drug-likeness (QED) is 0.725. The Hall–Kier alpha value is -1.63. The topological polar surface area (TPSA) is 67.5 Å². The standard InChI is InChI=1S/C11H13F3N2O2/c12-7-3-8(15)9(4-10(7)18-11(13)14)16-5-1-6(17)2-5/h3-6,11,16-17H,1-2,15H2. The van der Waals surface area contributed by atoms with E-state index in [1.165, 1.54) is 0 Å². The molecule has 18 heavy (non-hydrogen) atoms. The van der Waals surface area contributed by atoms with Crippen LogP contribution in [0.2, 0.25) is 0 Å². The molecule has 0 unspecified atom stereocenters. The first-order chi connectivity index (χ1) is 8.45. The minimum Gasteiger partial charge on any atom is -0.432 e. The summed E-state index contributed by atoms with van der Waals surface area (Å²) >= 11 is 0. The molecular formula is C11H13F3N2O2. The number of alkyl halides is 2. The summed E-state index contributed by atoms with van der Waals surface area (Å²) in [5.41, 5.74) is 6.00. The molecule has 0 heterocycles. The fourth-order valence-corrected chi connectivity index (χ4v) is 1.81. The number of nitrogen functional groups attached to an aromatic ring is 1. The van der Waals surface area contributed by atoms with Gasteiger partial charge in [-0.25, -0.2) is 4.39 Å². The lowest BCUT2D eigenvalue weighted by molar-refractivity contribution is -0.0521. The van der Waals surface area contributed by atoms with Gasteiger partial charge in [-0.15, -0.1) is 0 Å². The van der Waals surface area contributed by atoms with E-state index in [4.69, 9.17) is 10.8 Å². The van der Waals surface area contributed by atoms with Crippen molar-refractivity contribution in [2.45, 2.75) is 31.6 Å². The predicted molar refractivity (Wildman–Crippen MR) is 60.1 cm³/mol. The van der Waals surface area contributed by atoms with Crippen LogP contribution in [0.15, 0.2) is 12.1 Å². The molecule has 2 rings (SSSR count). The Bertz CT molecular complexity index is 437. The van der Waals surface area contributed by atoms with Crippen molar-refractivity contribution < 1.29 is 23.0 Å². The third kappa shape index (κ3) is 2.79. The van der Waals surface area contributed by atoms with Crippen LogP contribution in [0.5, 0.6) is 5.75 Å². The first kappa shape index (κ1) is 12.8. The molecular weight excluding hydrogens is 249 g/mol. The average molecular weight is 262 g/mol. The number of nitrogens with one attached hydrogen (secondary N) is 1. The van der Waals surface area contributed by atoms with Gasteiger partial charge in [0.25, 0.3) is 0 Å². The Kier molecular flexibility index (Phi) is 3.51. The Balaban J connectivity index is 2.13. The fraction of sp³-hybridized carbons (Fsp3) is 0.455. The highest BCUT2D eigenvalue weighted by atomic mass is 19.3. The molecule has 0 spiro atoms. The number of anilines is 2. The van der Waals surface area contributed by atoms with E-state index in [9.17, 15) is 13.2 Å². The molecule has 1 saturated carbocycles. The van der Waals surface area contributed by atoms with Gasteiger partial charge in [-0.2, -0.15) is 8.78 Å². The van der Waals surface area contributed by atoms with E-state index >= 15 is 0 Å². The lowest BCUT2D eigenvalue weighted by Crippen LogP contribution is -2.39. The van der Waals surface area contributed by atoms with Crippen molar-refractivity contribution in [3.05, 3.63) is 17.9 Å². The van der Waals surface area contributed by atoms with E-state index in [-0.39, 0.29) is 17.8 Å². The van der Waals surface area contributed by atoms with E-state index in [2.05, 4.69) is 10.1 Å². The summed E-state index contributed by atoms with van der Waals surface area (Å²) in [6.07, 6.45) is 0.727. The van der Waals surface area contributed by atoms with Crippen LogP contribution >= 0.6 is 0 Å². The Labute approximate surface area is 102 Å². The van der Waals surface area contributed by atoms with Crippen LogP contribution in [-0.2, 0) is 0 Å². The summed E-state index contributed by atoms with van der Waals surface area (Å²) in [4.78, 5) is 0. The Morgan fingerprint density at radius 2 is 2.06 bits per heavy atom. The average Bonchev–Trinajstić information content (AvgIpc) is 2.21. The predicted octanol–water partition coefficient (Wildman–Crippen LogP) is 1.94. The molecule has 1 aromatic rings. The lowest BCUT2D eigenvalue weighted by atomic mass is 9.89. The second-order valence-electron chi connectivity index (χ2n) is 4.21. The smallest absolute Gasteiger partial charge is 0.387 e. The number of ether oxygens (including phenoxy) is 1. The zero-order valence-electron chi connectivity index (χ0n) is 9.37. The van der Waals surface area contributed by atoms with E-state index in [1.807, 2.05) is 0 Å². The third-order valence-electron chi connectivity index (χ3n) is 2.79. The maximum Gasteiger partial charge on any atom is 0.387 e. The molecule has 4 nitrogen and oxygen atoms in total. The van der Waals surface area contributed by atoms with Crippen molar-refractivity contribution >= 4 is 11.4 Å². The molecule has 0 saturated heterocycles. The number of rotatable bonds is 4. The molecule has 0 bridgehead atoms. The van der Waals surface area contributed by atoms with Crippen LogP contribution < -0.4 is 15.8 Å². The molecule has 0 radical (unpaired) electrons. The Morgan fingerprint density at radius 3 is 2.61 bits per heavy atom. The number of hydrogen-bond donors (Lipinski definition) is 3. The zero-order valence-corrected chi connectivity index (χ0v) is 9.37. The van der Waals surface area contributed by atoms with Gasteiger partial charge in [-0.05, 0) is 12.8 Å². The highest BCUT2D eigenvalue weighted by molar-refractivity contribution is 5.69. The molecule has 4 N–H and O–H groups in total. The number of halogens is 3. The van der Waals surface area contributed by atoms with Crippen LogP contribution in [0.1, 0.15) is 12.8 Å². The molecule has 0 aromatic heterocycles. The zero-order chi connectivity index (χ0) is 13.3. The SMILES string of the molecule is Nc1cc(F)c(OC(F)F)cc1NC1CC(O)C1. The third-order valence-corrected chi connectivity index (χ3v) is 2.79. The summed E-state index contributed by atoms with van der Waals surface area (Å²) in [5, 5.41) is 12.1. The van der Waals surface area contributed by atoms with E-state index < -0.39 is 18.2 Å². The maximum absolute atomic E-state index is 13.3. The summed E-state index contributed by atoms with van der Waals surface area (Å²) in [6, 6.07) is 2.03. The first-order valence-electron chi connectivity index (χ1n) is 5.44. The van der Waals surface area contributed by atoms with Gasteiger partial charge in [-0.1, -0.05) is 0 Å². The van der Waals surface area contributed by atoms with E-state index in [1.54, 1.807) is 0 Å². The normalized spacial score (nSPS) is 22.7. The van der Waals surface area contributed by atoms with Gasteiger partial charge in [0.1, 0.15) is 0 Å². The van der Waals surface area contributed by atoms with Gasteiger partial charge in [-0.3, -0.25) is 0 Å². The van der Waals surface area contributed by atoms with Gasteiger partial charge in [0.15, 0.2) is 11.6 Å². The fourth-order valence-electron chi connectivity index (χ4n) is 1.81. The van der Waals surface area contributed by atoms with Crippen LogP contribution in [0.25, 0.3) is 0 Å². The number of aliphatic hydroxyl groups is 1. The van der Waals surface area contributed by atoms with Crippen LogP contribution in [-0.4, -0.2) is 23.9 Å². The molecule has 0 atom stereocenters. The maximum atomic E-state index is 13.3. The van der Waals surface area contributed by atoms with Crippen LogP contribution in [0.4, 0.5) is 24.5 Å². The Morgan fingerprint density at radius 1 is 1.39 bits per heavy atom. The molecule has 1 aromatic carbocycles. The monoisotopic (exact) mass is 262 g/mol. The number of aliphatic hydroxyl groups excluding tert-OH is 1. The molecule has 0 aliphatic heterocycles. The second-order valence-corrected chi connectivity index (χ2v) is 4.21. The van der Waals surface area contributed by atoms with Crippen molar-refractivity contribution in [3.8, 4) is 5.75 Å². The first-order valence-corrected chi connectivity index (χ1v) is 5.44. The summed E-state index contributed by atoms with van der Waals surface area (Å²) < 4.78 is 41.4. The van der Waals surface area contributed by atoms with Gasteiger partial charge < -0.3 is 20.9 Å². The van der Waals surface area contributed by atoms with Crippen LogP contribution in [0, 0.1) is 5.82 Å². The minimum absolute atomic E-state index is 0.00663. The summed E-state index contributed by atoms with van der Waals surface area (Å²) in [5.74, 6) is -1.49. The van der Waals surface area contributed by atoms with Crippen molar-refractivity contribution in [3.63, 3.8) is 0 Å². The van der Waals surface area contributed by atoms with Gasteiger partial charge >= 0.3 is 6.61 Å². The van der Waals surface area contributed by atoms with Crippen molar-refractivity contribution in [1.82, 2.24) is 0 Å². The highest BCUT2D eigenvalue weighted by Crippen LogP contribution is 2.32. The van der Waals surface area contributed by atoms with Crippen molar-refractivity contribution in [2.75, 3.05) is 11.1 Å². The largest absolute Gasteiger partial charge is 0.432 e. The second kappa shape index (κ2) is 4.93. The minimum atomic E-state index is -3.10. The van der Waals surface area contributed by atoms with E-state index in [0.29, 0.717) is 18.5 Å². The number of benzene rings is 1. The molecule has 1 fully saturated rings. The van der Waals surface area contributed by atoms with Crippen LogP contribution in [0.3, 0.4) is 0 Å². The van der Waals surface area contributed by atoms with Gasteiger partial charge in [0.05, 0.1) is 17.5 Å². The number of nitrogens with two attached hydrogens (primary N) is 1. The lowest BCUT2D eigenvalue weighted by Gasteiger charge is -2.33.